The second-order valence-electron chi connectivity index (χ2n) is 12.3. The fourth-order valence-electron chi connectivity index (χ4n) is 9.43. The van der Waals surface area contributed by atoms with Gasteiger partial charge in [-0.1, -0.05) is 46.5 Å². The van der Waals surface area contributed by atoms with Gasteiger partial charge in [0.25, 0.3) is 0 Å². The Balaban J connectivity index is 1.45. The highest BCUT2D eigenvalue weighted by Crippen LogP contribution is 2.63. The molecule has 5 fully saturated rings. The van der Waals surface area contributed by atoms with Gasteiger partial charge in [0.15, 0.2) is 0 Å². The second-order valence-corrected chi connectivity index (χ2v) is 12.3. The molecule has 1 saturated heterocycles. The predicted molar refractivity (Wildman–Crippen MR) is 115 cm³/mol. The molecule has 8 atom stereocenters. The molecular formula is C26H45N. The van der Waals surface area contributed by atoms with Crippen LogP contribution in [0, 0.1) is 46.8 Å². The Labute approximate surface area is 169 Å². The van der Waals surface area contributed by atoms with E-state index in [1.54, 1.807) is 19.3 Å². The van der Waals surface area contributed by atoms with Crippen molar-refractivity contribution in [2.24, 2.45) is 46.8 Å². The van der Waals surface area contributed by atoms with Gasteiger partial charge in [0.2, 0.25) is 0 Å². The quantitative estimate of drug-likeness (QED) is 0.529. The molecule has 0 spiro atoms. The van der Waals surface area contributed by atoms with Crippen molar-refractivity contribution in [3.8, 4) is 0 Å². The largest absolute Gasteiger partial charge is 0.300 e. The molecule has 0 radical (unpaired) electrons. The maximum atomic E-state index is 2.95. The Bertz CT molecular complexity index is 532. The maximum Gasteiger partial charge on any atom is 0.0160 e. The maximum absolute atomic E-state index is 2.95. The third-order valence-corrected chi connectivity index (χ3v) is 10.6. The number of rotatable bonds is 3. The third-order valence-electron chi connectivity index (χ3n) is 10.6. The first kappa shape index (κ1) is 19.0. The van der Waals surface area contributed by atoms with Crippen LogP contribution in [0.4, 0.5) is 0 Å². The lowest BCUT2D eigenvalue weighted by atomic mass is 9.63. The number of fused-ring (bicyclic) bond motifs is 5. The summed E-state index contributed by atoms with van der Waals surface area (Å²) in [5, 5.41) is 0. The second kappa shape index (κ2) is 7.03. The number of likely N-dealkylation sites (tertiary alicyclic amines) is 1. The van der Waals surface area contributed by atoms with E-state index in [1.807, 2.05) is 0 Å². The summed E-state index contributed by atoms with van der Waals surface area (Å²) < 4.78 is 0. The fraction of sp³-hybridized carbons (Fsp3) is 1.00. The van der Waals surface area contributed by atoms with E-state index in [2.05, 4.69) is 32.7 Å². The van der Waals surface area contributed by atoms with Crippen molar-refractivity contribution in [2.75, 3.05) is 7.05 Å². The van der Waals surface area contributed by atoms with E-state index in [0.717, 1.165) is 53.5 Å². The Morgan fingerprint density at radius 2 is 1.48 bits per heavy atom. The van der Waals surface area contributed by atoms with Crippen molar-refractivity contribution in [3.05, 3.63) is 0 Å². The minimum atomic E-state index is 0.578. The summed E-state index contributed by atoms with van der Waals surface area (Å²) in [5.41, 5.74) is 0.578. The molecule has 5 rings (SSSR count). The summed E-state index contributed by atoms with van der Waals surface area (Å²) in [4.78, 5) is 2.95. The molecule has 0 aromatic rings. The van der Waals surface area contributed by atoms with Crippen LogP contribution in [0.25, 0.3) is 0 Å². The Morgan fingerprint density at radius 1 is 0.815 bits per heavy atom. The normalized spacial score (nSPS) is 48.4. The molecule has 0 aromatic carbocycles. The third kappa shape index (κ3) is 3.04. The number of hydrogen-bond acceptors (Lipinski definition) is 1. The van der Waals surface area contributed by atoms with E-state index in [4.69, 9.17) is 0 Å². The summed E-state index contributed by atoms with van der Waals surface area (Å²) in [7, 11) is 2.54. The summed E-state index contributed by atoms with van der Waals surface area (Å²) in [6.07, 6.45) is 18.2. The first-order chi connectivity index (χ1) is 13.0. The first-order valence-corrected chi connectivity index (χ1v) is 12.7. The molecule has 27 heavy (non-hydrogen) atoms. The molecule has 1 aliphatic heterocycles. The molecule has 154 valence electrons. The lowest BCUT2D eigenvalue weighted by Crippen LogP contribution is -2.41. The predicted octanol–water partition coefficient (Wildman–Crippen LogP) is 6.76. The van der Waals surface area contributed by atoms with Crippen LogP contribution in [0.3, 0.4) is 0 Å². The zero-order chi connectivity index (χ0) is 18.8. The van der Waals surface area contributed by atoms with Crippen LogP contribution >= 0.6 is 0 Å². The zero-order valence-electron chi connectivity index (χ0n) is 18.6. The number of hydrogen-bond donors (Lipinski definition) is 0. The molecule has 0 aromatic heterocycles. The Kier molecular flexibility index (Phi) is 4.94. The van der Waals surface area contributed by atoms with Gasteiger partial charge < -0.3 is 0 Å². The van der Waals surface area contributed by atoms with Gasteiger partial charge in [-0.2, -0.15) is 0 Å². The van der Waals surface area contributed by atoms with Gasteiger partial charge in [-0.15, -0.1) is 0 Å². The monoisotopic (exact) mass is 371 g/mol. The lowest BCUT2D eigenvalue weighted by Gasteiger charge is -2.43. The minimum absolute atomic E-state index is 0.578. The highest BCUT2D eigenvalue weighted by molar-refractivity contribution is 5.13. The van der Waals surface area contributed by atoms with Gasteiger partial charge in [-0.3, -0.25) is 4.90 Å². The molecule has 4 aliphatic carbocycles. The molecule has 0 amide bonds. The van der Waals surface area contributed by atoms with Gasteiger partial charge in [0.05, 0.1) is 0 Å². The topological polar surface area (TPSA) is 3.24 Å². The van der Waals surface area contributed by atoms with Gasteiger partial charge in [-0.25, -0.2) is 0 Å². The Morgan fingerprint density at radius 3 is 2.22 bits per heavy atom. The molecule has 1 heteroatoms. The molecule has 8 unspecified atom stereocenters. The fourth-order valence-corrected chi connectivity index (χ4v) is 9.43. The molecule has 0 bridgehead atoms. The summed E-state index contributed by atoms with van der Waals surface area (Å²) in [6, 6.07) is 1.87. The van der Waals surface area contributed by atoms with Crippen molar-refractivity contribution in [3.63, 3.8) is 0 Å². The molecule has 4 saturated carbocycles. The van der Waals surface area contributed by atoms with Crippen molar-refractivity contribution in [1.29, 1.82) is 0 Å². The van der Waals surface area contributed by atoms with Crippen molar-refractivity contribution >= 4 is 0 Å². The van der Waals surface area contributed by atoms with Crippen molar-refractivity contribution in [2.45, 2.75) is 110 Å². The van der Waals surface area contributed by atoms with Crippen LogP contribution in [-0.4, -0.2) is 24.0 Å². The minimum Gasteiger partial charge on any atom is -0.300 e. The van der Waals surface area contributed by atoms with Crippen molar-refractivity contribution in [1.82, 2.24) is 4.90 Å². The first-order valence-electron chi connectivity index (χ1n) is 12.7. The summed E-state index contributed by atoms with van der Waals surface area (Å²) in [5.74, 6) is 7.20. The molecule has 5 aliphatic rings. The van der Waals surface area contributed by atoms with E-state index in [9.17, 15) is 0 Å². The summed E-state index contributed by atoms with van der Waals surface area (Å²) >= 11 is 0. The lowest BCUT2D eigenvalue weighted by molar-refractivity contribution is 0.0650. The van der Waals surface area contributed by atoms with E-state index < -0.39 is 0 Å². The van der Waals surface area contributed by atoms with Crippen LogP contribution in [0.5, 0.6) is 0 Å². The van der Waals surface area contributed by atoms with E-state index in [-0.39, 0.29) is 0 Å². The Hall–Kier alpha value is -0.0400. The van der Waals surface area contributed by atoms with Crippen LogP contribution in [-0.2, 0) is 0 Å². The standard InChI is InChI=1S/C26H45N/c1-17-13-14-23-21(15-17)24-22(16-26(2,3)18-9-5-6-10-18)19-11-7-8-12-20(19)25(24)27(23)4/h17-25H,5-16H2,1-4H3. The zero-order valence-corrected chi connectivity index (χ0v) is 18.6. The van der Waals surface area contributed by atoms with Crippen molar-refractivity contribution < 1.29 is 0 Å². The summed E-state index contributed by atoms with van der Waals surface area (Å²) in [6.45, 7) is 7.87. The van der Waals surface area contributed by atoms with Crippen LogP contribution in [0.15, 0.2) is 0 Å². The highest BCUT2D eigenvalue weighted by atomic mass is 15.2. The van der Waals surface area contributed by atoms with Crippen LogP contribution in [0.2, 0.25) is 0 Å². The molecule has 0 N–H and O–H groups in total. The number of nitrogens with zero attached hydrogens (tertiary/aromatic N) is 1. The van der Waals surface area contributed by atoms with Crippen LogP contribution < -0.4 is 0 Å². The average Bonchev–Trinajstić information content (AvgIpc) is 3.34. The average molecular weight is 372 g/mol. The SMILES string of the molecule is CC1CCC2C(C1)C1C(CC(C)(C)C3CCCC3)C3CCCCC3C1N2C. The smallest absolute Gasteiger partial charge is 0.0160 e. The van der Waals surface area contributed by atoms with Gasteiger partial charge in [0, 0.05) is 12.1 Å². The van der Waals surface area contributed by atoms with E-state index in [1.165, 1.54) is 57.8 Å². The molecule has 1 nitrogen and oxygen atoms in total. The highest BCUT2D eigenvalue weighted by Gasteiger charge is 2.61. The van der Waals surface area contributed by atoms with E-state index >= 15 is 0 Å². The van der Waals surface area contributed by atoms with Gasteiger partial charge in [0.1, 0.15) is 0 Å². The van der Waals surface area contributed by atoms with Crippen LogP contribution in [0.1, 0.15) is 97.8 Å². The van der Waals surface area contributed by atoms with E-state index in [0.29, 0.717) is 5.41 Å². The van der Waals surface area contributed by atoms with Gasteiger partial charge >= 0.3 is 0 Å². The molecular weight excluding hydrogens is 326 g/mol. The van der Waals surface area contributed by atoms with Gasteiger partial charge in [-0.05, 0) is 105 Å². The molecule has 1 heterocycles.